The molecule has 0 aliphatic heterocycles. The Morgan fingerprint density at radius 1 is 1.09 bits per heavy atom. The molecular formula is C19H18N2O. The van der Waals surface area contributed by atoms with E-state index in [-0.39, 0.29) is 5.91 Å². The van der Waals surface area contributed by atoms with Crippen LogP contribution in [0.15, 0.2) is 48.7 Å². The van der Waals surface area contributed by atoms with Gasteiger partial charge in [-0.3, -0.25) is 4.79 Å². The molecule has 0 unspecified atom stereocenters. The number of amides is 1. The number of nitrogens with one attached hydrogen (secondary N) is 2. The van der Waals surface area contributed by atoms with E-state index in [9.17, 15) is 4.79 Å². The Bertz CT molecular complexity index is 848. The first kappa shape index (κ1) is 13.1. The quantitative estimate of drug-likeness (QED) is 0.756. The molecule has 3 aromatic rings. The second kappa shape index (κ2) is 5.34. The van der Waals surface area contributed by atoms with Gasteiger partial charge in [-0.25, -0.2) is 0 Å². The summed E-state index contributed by atoms with van der Waals surface area (Å²) in [5.74, 6) is 0.0303. The average molecular weight is 290 g/mol. The molecule has 3 heteroatoms. The number of carbonyl (C=O) groups is 1. The number of aromatic amines is 1. The summed E-state index contributed by atoms with van der Waals surface area (Å²) in [6.45, 7) is 0. The first-order valence-corrected chi connectivity index (χ1v) is 7.76. The van der Waals surface area contributed by atoms with Crippen LogP contribution in [0, 0.1) is 0 Å². The Labute approximate surface area is 129 Å². The standard InChI is InChI=1S/C19H18N2O/c22-19(11-15-12-20-18-7-2-1-6-17(15)18)21-16-9-8-13-4-3-5-14(13)10-16/h1-2,6-10,12,20H,3-5,11H2,(H,21,22). The van der Waals surface area contributed by atoms with Crippen molar-refractivity contribution in [1.29, 1.82) is 0 Å². The van der Waals surface area contributed by atoms with Crippen LogP contribution in [-0.2, 0) is 24.1 Å². The minimum Gasteiger partial charge on any atom is -0.361 e. The molecule has 110 valence electrons. The predicted molar refractivity (Wildman–Crippen MR) is 89.1 cm³/mol. The number of anilines is 1. The molecule has 1 heterocycles. The number of aromatic nitrogens is 1. The van der Waals surface area contributed by atoms with E-state index >= 15 is 0 Å². The molecule has 4 rings (SSSR count). The fraction of sp³-hybridized carbons (Fsp3) is 0.211. The van der Waals surface area contributed by atoms with E-state index < -0.39 is 0 Å². The largest absolute Gasteiger partial charge is 0.361 e. The van der Waals surface area contributed by atoms with Crippen molar-refractivity contribution in [2.24, 2.45) is 0 Å². The molecule has 1 aliphatic rings. The lowest BCUT2D eigenvalue weighted by Gasteiger charge is -2.07. The van der Waals surface area contributed by atoms with Gasteiger partial charge in [0.25, 0.3) is 0 Å². The van der Waals surface area contributed by atoms with Crippen molar-refractivity contribution in [3.8, 4) is 0 Å². The van der Waals surface area contributed by atoms with Crippen molar-refractivity contribution in [3.63, 3.8) is 0 Å². The summed E-state index contributed by atoms with van der Waals surface area (Å²) >= 11 is 0. The zero-order chi connectivity index (χ0) is 14.9. The maximum atomic E-state index is 12.3. The number of fused-ring (bicyclic) bond motifs is 2. The lowest BCUT2D eigenvalue weighted by molar-refractivity contribution is -0.115. The molecular weight excluding hydrogens is 272 g/mol. The number of rotatable bonds is 3. The highest BCUT2D eigenvalue weighted by molar-refractivity contribution is 5.95. The van der Waals surface area contributed by atoms with Crippen molar-refractivity contribution in [1.82, 2.24) is 4.98 Å². The van der Waals surface area contributed by atoms with Crippen molar-refractivity contribution >= 4 is 22.5 Å². The van der Waals surface area contributed by atoms with Gasteiger partial charge in [0.2, 0.25) is 5.91 Å². The molecule has 1 aromatic heterocycles. The lowest BCUT2D eigenvalue weighted by Crippen LogP contribution is -2.14. The van der Waals surface area contributed by atoms with Crippen LogP contribution >= 0.6 is 0 Å². The summed E-state index contributed by atoms with van der Waals surface area (Å²) in [5, 5.41) is 4.14. The minimum absolute atomic E-state index is 0.0303. The van der Waals surface area contributed by atoms with Gasteiger partial charge in [-0.15, -0.1) is 0 Å². The van der Waals surface area contributed by atoms with Gasteiger partial charge in [0, 0.05) is 22.8 Å². The summed E-state index contributed by atoms with van der Waals surface area (Å²) in [5.41, 5.74) is 5.82. The Balaban J connectivity index is 1.51. The summed E-state index contributed by atoms with van der Waals surface area (Å²) in [6.07, 6.45) is 5.83. The van der Waals surface area contributed by atoms with Gasteiger partial charge in [-0.2, -0.15) is 0 Å². The number of hydrogen-bond donors (Lipinski definition) is 2. The van der Waals surface area contributed by atoms with Crippen molar-refractivity contribution in [2.45, 2.75) is 25.7 Å². The zero-order valence-corrected chi connectivity index (χ0v) is 12.4. The average Bonchev–Trinajstić information content (AvgIpc) is 3.14. The molecule has 2 aromatic carbocycles. The first-order chi connectivity index (χ1) is 10.8. The first-order valence-electron chi connectivity index (χ1n) is 7.76. The molecule has 2 N–H and O–H groups in total. The summed E-state index contributed by atoms with van der Waals surface area (Å²) in [7, 11) is 0. The van der Waals surface area contributed by atoms with Gasteiger partial charge in [0.1, 0.15) is 0 Å². The fourth-order valence-corrected chi connectivity index (χ4v) is 3.31. The van der Waals surface area contributed by atoms with Crippen molar-refractivity contribution in [2.75, 3.05) is 5.32 Å². The van der Waals surface area contributed by atoms with Gasteiger partial charge in [-0.05, 0) is 54.2 Å². The van der Waals surface area contributed by atoms with E-state index in [0.29, 0.717) is 6.42 Å². The highest BCUT2D eigenvalue weighted by Gasteiger charge is 2.13. The maximum absolute atomic E-state index is 12.3. The van der Waals surface area contributed by atoms with Crippen molar-refractivity contribution < 1.29 is 4.79 Å². The number of para-hydroxylation sites is 1. The summed E-state index contributed by atoms with van der Waals surface area (Å²) in [4.78, 5) is 15.5. The molecule has 0 bridgehead atoms. The van der Waals surface area contributed by atoms with E-state index in [1.54, 1.807) is 0 Å². The van der Waals surface area contributed by atoms with Crippen LogP contribution < -0.4 is 5.32 Å². The van der Waals surface area contributed by atoms with Crippen LogP contribution in [0.1, 0.15) is 23.1 Å². The van der Waals surface area contributed by atoms with E-state index in [4.69, 9.17) is 0 Å². The highest BCUT2D eigenvalue weighted by Crippen LogP contribution is 2.25. The molecule has 3 nitrogen and oxygen atoms in total. The molecule has 22 heavy (non-hydrogen) atoms. The van der Waals surface area contributed by atoms with Gasteiger partial charge in [0.05, 0.1) is 6.42 Å². The van der Waals surface area contributed by atoms with Crippen LogP contribution in [0.25, 0.3) is 10.9 Å². The molecule has 1 aliphatic carbocycles. The number of carbonyl (C=O) groups excluding carboxylic acids is 1. The smallest absolute Gasteiger partial charge is 0.228 e. The second-order valence-electron chi connectivity index (χ2n) is 5.92. The Hall–Kier alpha value is -2.55. The zero-order valence-electron chi connectivity index (χ0n) is 12.4. The molecule has 0 saturated carbocycles. The maximum Gasteiger partial charge on any atom is 0.228 e. The highest BCUT2D eigenvalue weighted by atomic mass is 16.1. The minimum atomic E-state index is 0.0303. The third-order valence-electron chi connectivity index (χ3n) is 4.41. The van der Waals surface area contributed by atoms with Crippen LogP contribution in [0.4, 0.5) is 5.69 Å². The molecule has 0 radical (unpaired) electrons. The third kappa shape index (κ3) is 2.39. The Morgan fingerprint density at radius 3 is 2.91 bits per heavy atom. The lowest BCUT2D eigenvalue weighted by atomic mass is 10.1. The summed E-state index contributed by atoms with van der Waals surface area (Å²) in [6, 6.07) is 14.3. The number of benzene rings is 2. The monoisotopic (exact) mass is 290 g/mol. The van der Waals surface area contributed by atoms with Crippen LogP contribution in [0.2, 0.25) is 0 Å². The van der Waals surface area contributed by atoms with E-state index in [1.807, 2.05) is 36.5 Å². The van der Waals surface area contributed by atoms with Gasteiger partial charge < -0.3 is 10.3 Å². The van der Waals surface area contributed by atoms with E-state index in [2.05, 4.69) is 22.4 Å². The fourth-order valence-electron chi connectivity index (χ4n) is 3.31. The topological polar surface area (TPSA) is 44.9 Å². The second-order valence-corrected chi connectivity index (χ2v) is 5.92. The third-order valence-corrected chi connectivity index (χ3v) is 4.41. The van der Waals surface area contributed by atoms with E-state index in [1.165, 1.54) is 24.0 Å². The molecule has 0 fully saturated rings. The molecule has 1 amide bonds. The molecule has 0 saturated heterocycles. The van der Waals surface area contributed by atoms with Crippen LogP contribution in [0.3, 0.4) is 0 Å². The van der Waals surface area contributed by atoms with Crippen LogP contribution in [0.5, 0.6) is 0 Å². The Morgan fingerprint density at radius 2 is 1.95 bits per heavy atom. The van der Waals surface area contributed by atoms with Gasteiger partial charge in [-0.1, -0.05) is 24.3 Å². The summed E-state index contributed by atoms with van der Waals surface area (Å²) < 4.78 is 0. The Kier molecular flexibility index (Phi) is 3.19. The molecule has 0 spiro atoms. The number of aryl methyl sites for hydroxylation is 2. The van der Waals surface area contributed by atoms with Crippen molar-refractivity contribution in [3.05, 3.63) is 65.4 Å². The van der Waals surface area contributed by atoms with Gasteiger partial charge >= 0.3 is 0 Å². The number of hydrogen-bond acceptors (Lipinski definition) is 1. The van der Waals surface area contributed by atoms with Crippen LogP contribution in [-0.4, -0.2) is 10.9 Å². The number of H-pyrrole nitrogens is 1. The normalized spacial score (nSPS) is 13.3. The van der Waals surface area contributed by atoms with Gasteiger partial charge in [0.15, 0.2) is 0 Å². The SMILES string of the molecule is O=C(Cc1c[nH]c2ccccc12)Nc1ccc2c(c1)CCC2. The molecule has 0 atom stereocenters. The van der Waals surface area contributed by atoms with E-state index in [0.717, 1.165) is 28.6 Å². The predicted octanol–water partition coefficient (Wildman–Crippen LogP) is 3.84.